The molecule has 2 aromatic carbocycles. The van der Waals surface area contributed by atoms with Crippen LogP contribution in [0, 0.1) is 0 Å². The molecule has 2 heterocycles. The maximum Gasteiger partial charge on any atom is 0.195 e. The zero-order chi connectivity index (χ0) is 22.9. The van der Waals surface area contributed by atoms with E-state index in [0.29, 0.717) is 11.6 Å². The Morgan fingerprint density at radius 1 is 1.09 bits per heavy atom. The average Bonchev–Trinajstić information content (AvgIpc) is 3.16. The van der Waals surface area contributed by atoms with E-state index in [4.69, 9.17) is 10.5 Å². The van der Waals surface area contributed by atoms with Crippen molar-refractivity contribution in [3.63, 3.8) is 0 Å². The summed E-state index contributed by atoms with van der Waals surface area (Å²) in [6.07, 6.45) is 6.41. The topological polar surface area (TPSA) is 71.3 Å². The number of H-pyrrole nitrogens is 1. The van der Waals surface area contributed by atoms with E-state index in [9.17, 15) is 4.79 Å². The first kappa shape index (κ1) is 20.8. The number of rotatable bonds is 3. The van der Waals surface area contributed by atoms with Crippen LogP contribution >= 0.6 is 0 Å². The third-order valence-corrected chi connectivity index (χ3v) is 8.52. The second-order valence-electron chi connectivity index (χ2n) is 10.7. The highest BCUT2D eigenvalue weighted by Crippen LogP contribution is 2.47. The molecule has 5 nitrogen and oxygen atoms in total. The van der Waals surface area contributed by atoms with Crippen LogP contribution in [-0.2, 0) is 5.41 Å². The molecule has 2 fully saturated rings. The SMILES string of the molecule is COc1cc2c(cc1C1CCN(C3CCC3)CC1)C(C)(C)c1[nH]c3cc(N)ccc3c1C2=O. The quantitative estimate of drug-likeness (QED) is 0.535. The van der Waals surface area contributed by atoms with E-state index in [1.54, 1.807) is 7.11 Å². The number of ketones is 1. The van der Waals surface area contributed by atoms with Gasteiger partial charge in [-0.1, -0.05) is 32.4 Å². The zero-order valence-corrected chi connectivity index (χ0v) is 19.8. The average molecular weight is 444 g/mol. The number of likely N-dealkylation sites (tertiary alicyclic amines) is 1. The second kappa shape index (κ2) is 7.36. The lowest BCUT2D eigenvalue weighted by Crippen LogP contribution is -2.44. The number of nitrogens with zero attached hydrogens (tertiary/aromatic N) is 1. The summed E-state index contributed by atoms with van der Waals surface area (Å²) in [6, 6.07) is 10.8. The molecule has 3 N–H and O–H groups in total. The highest BCUT2D eigenvalue weighted by atomic mass is 16.5. The van der Waals surface area contributed by atoms with Gasteiger partial charge in [0.15, 0.2) is 5.78 Å². The van der Waals surface area contributed by atoms with Gasteiger partial charge in [0, 0.05) is 39.3 Å². The molecule has 1 aliphatic heterocycles. The Kier molecular flexibility index (Phi) is 4.64. The van der Waals surface area contributed by atoms with Gasteiger partial charge in [0.2, 0.25) is 0 Å². The predicted molar refractivity (Wildman–Crippen MR) is 132 cm³/mol. The van der Waals surface area contributed by atoms with Crippen molar-refractivity contribution in [2.24, 2.45) is 0 Å². The van der Waals surface area contributed by atoms with E-state index >= 15 is 0 Å². The number of aromatic nitrogens is 1. The fourth-order valence-electron chi connectivity index (χ4n) is 6.31. The third kappa shape index (κ3) is 3.05. The van der Waals surface area contributed by atoms with Gasteiger partial charge in [0.25, 0.3) is 0 Å². The Labute approximate surface area is 195 Å². The lowest BCUT2D eigenvalue weighted by molar-refractivity contribution is 0.0970. The lowest BCUT2D eigenvalue weighted by atomic mass is 9.70. The van der Waals surface area contributed by atoms with Crippen LogP contribution in [0.1, 0.15) is 84.6 Å². The summed E-state index contributed by atoms with van der Waals surface area (Å²) < 4.78 is 5.87. The van der Waals surface area contributed by atoms with Crippen LogP contribution in [0.15, 0.2) is 30.3 Å². The highest BCUT2D eigenvalue weighted by molar-refractivity contribution is 6.20. The number of benzene rings is 2. The number of aromatic amines is 1. The maximum atomic E-state index is 13.8. The van der Waals surface area contributed by atoms with Crippen LogP contribution in [0.25, 0.3) is 10.9 Å². The van der Waals surface area contributed by atoms with Crippen molar-refractivity contribution in [3.8, 4) is 5.75 Å². The Balaban J connectivity index is 1.42. The molecule has 1 aromatic heterocycles. The summed E-state index contributed by atoms with van der Waals surface area (Å²) in [5.41, 5.74) is 12.2. The number of anilines is 1. The van der Waals surface area contributed by atoms with E-state index in [0.717, 1.165) is 71.0 Å². The van der Waals surface area contributed by atoms with Gasteiger partial charge < -0.3 is 20.4 Å². The number of nitrogens with two attached hydrogens (primary N) is 1. The van der Waals surface area contributed by atoms with Gasteiger partial charge in [-0.25, -0.2) is 0 Å². The van der Waals surface area contributed by atoms with E-state index in [1.807, 2.05) is 24.3 Å². The van der Waals surface area contributed by atoms with Gasteiger partial charge >= 0.3 is 0 Å². The number of nitrogen functional groups attached to an aromatic ring is 1. The molecule has 0 unspecified atom stereocenters. The minimum Gasteiger partial charge on any atom is -0.496 e. The van der Waals surface area contributed by atoms with Crippen LogP contribution in [0.3, 0.4) is 0 Å². The van der Waals surface area contributed by atoms with E-state index in [1.165, 1.54) is 24.8 Å². The fourth-order valence-corrected chi connectivity index (χ4v) is 6.31. The molecule has 2 aliphatic carbocycles. The van der Waals surface area contributed by atoms with Crippen molar-refractivity contribution in [2.75, 3.05) is 25.9 Å². The largest absolute Gasteiger partial charge is 0.496 e. The number of piperidine rings is 1. The molecule has 172 valence electrons. The number of methoxy groups -OCH3 is 1. The van der Waals surface area contributed by atoms with E-state index in [2.05, 4.69) is 29.8 Å². The summed E-state index contributed by atoms with van der Waals surface area (Å²) in [7, 11) is 1.73. The molecule has 0 atom stereocenters. The van der Waals surface area contributed by atoms with Crippen molar-refractivity contribution in [1.82, 2.24) is 9.88 Å². The fraction of sp³-hybridized carbons (Fsp3) is 0.464. The molecule has 6 rings (SSSR count). The molecule has 3 aliphatic rings. The maximum absolute atomic E-state index is 13.8. The van der Waals surface area contributed by atoms with Crippen molar-refractivity contribution in [1.29, 1.82) is 0 Å². The van der Waals surface area contributed by atoms with Crippen LogP contribution in [0.2, 0.25) is 0 Å². The molecule has 3 aromatic rings. The summed E-state index contributed by atoms with van der Waals surface area (Å²) >= 11 is 0. The van der Waals surface area contributed by atoms with Crippen LogP contribution < -0.4 is 10.5 Å². The summed E-state index contributed by atoms with van der Waals surface area (Å²) in [4.78, 5) is 20.0. The first-order valence-electron chi connectivity index (χ1n) is 12.3. The van der Waals surface area contributed by atoms with Gasteiger partial charge in [-0.05, 0) is 74.0 Å². The molecule has 0 spiro atoms. The standard InChI is InChI=1S/C28H33N3O2/c1-28(2)22-14-20(16-9-11-31(12-10-16)18-5-4-6-18)24(33-3)15-21(22)26(32)25-19-8-7-17(29)13-23(19)30-27(25)28/h7-8,13-16,18,30H,4-6,9-12,29H2,1-3H3. The highest BCUT2D eigenvalue weighted by Gasteiger charge is 2.41. The van der Waals surface area contributed by atoms with Crippen molar-refractivity contribution >= 4 is 22.4 Å². The number of fused-ring (bicyclic) bond motifs is 4. The lowest BCUT2D eigenvalue weighted by Gasteiger charge is -2.42. The summed E-state index contributed by atoms with van der Waals surface area (Å²) in [6.45, 7) is 6.74. The molecule has 1 saturated heterocycles. The van der Waals surface area contributed by atoms with Gasteiger partial charge in [-0.3, -0.25) is 4.79 Å². The van der Waals surface area contributed by atoms with Crippen molar-refractivity contribution in [3.05, 3.63) is 58.3 Å². The first-order chi connectivity index (χ1) is 15.9. The number of carbonyl (C=O) groups excluding carboxylic acids is 1. The molecular weight excluding hydrogens is 410 g/mol. The van der Waals surface area contributed by atoms with Crippen LogP contribution in [0.5, 0.6) is 5.75 Å². The van der Waals surface area contributed by atoms with Crippen LogP contribution in [0.4, 0.5) is 5.69 Å². The molecule has 1 saturated carbocycles. The third-order valence-electron chi connectivity index (χ3n) is 8.52. The number of hydrogen-bond donors (Lipinski definition) is 2. The minimum atomic E-state index is -0.319. The van der Waals surface area contributed by atoms with Gasteiger partial charge in [0.1, 0.15) is 5.75 Å². The van der Waals surface area contributed by atoms with Crippen LogP contribution in [-0.4, -0.2) is 41.9 Å². The monoisotopic (exact) mass is 443 g/mol. The minimum absolute atomic E-state index is 0.0694. The van der Waals surface area contributed by atoms with Gasteiger partial charge in [-0.2, -0.15) is 0 Å². The number of carbonyl (C=O) groups is 1. The zero-order valence-electron chi connectivity index (χ0n) is 19.8. The summed E-state index contributed by atoms with van der Waals surface area (Å²) in [5, 5.41) is 0.939. The molecule has 33 heavy (non-hydrogen) atoms. The number of nitrogens with one attached hydrogen (secondary N) is 1. The van der Waals surface area contributed by atoms with Crippen molar-refractivity contribution in [2.45, 2.75) is 63.3 Å². The Hall–Kier alpha value is -2.79. The van der Waals surface area contributed by atoms with Gasteiger partial charge in [-0.15, -0.1) is 0 Å². The molecule has 0 amide bonds. The smallest absolute Gasteiger partial charge is 0.195 e. The molecular formula is C28H33N3O2. The van der Waals surface area contributed by atoms with E-state index < -0.39 is 0 Å². The molecule has 0 radical (unpaired) electrons. The Morgan fingerprint density at radius 2 is 1.85 bits per heavy atom. The molecule has 5 heteroatoms. The number of ether oxygens (including phenoxy) is 1. The van der Waals surface area contributed by atoms with E-state index in [-0.39, 0.29) is 11.2 Å². The Morgan fingerprint density at radius 3 is 2.52 bits per heavy atom. The second-order valence-corrected chi connectivity index (χ2v) is 10.7. The summed E-state index contributed by atoms with van der Waals surface area (Å²) in [5.74, 6) is 1.39. The van der Waals surface area contributed by atoms with Crippen molar-refractivity contribution < 1.29 is 9.53 Å². The number of hydrogen-bond acceptors (Lipinski definition) is 4. The predicted octanol–water partition coefficient (Wildman–Crippen LogP) is 5.36. The van der Waals surface area contributed by atoms with Gasteiger partial charge in [0.05, 0.1) is 12.7 Å². The molecule has 0 bridgehead atoms. The first-order valence-corrected chi connectivity index (χ1v) is 12.3. The normalized spacial score (nSPS) is 21.0. The Bertz CT molecular complexity index is 1260.